The molecule has 1 aliphatic rings. The Hall–Kier alpha value is -1.07. The van der Waals surface area contributed by atoms with Crippen molar-refractivity contribution in [3.8, 4) is 0 Å². The zero-order chi connectivity index (χ0) is 13.8. The van der Waals surface area contributed by atoms with Crippen molar-refractivity contribution in [1.29, 1.82) is 0 Å². The molecule has 0 aromatic heterocycles. The lowest BCUT2D eigenvalue weighted by Crippen LogP contribution is -2.36. The van der Waals surface area contributed by atoms with Gasteiger partial charge in [-0.3, -0.25) is 0 Å². The molecule has 0 spiro atoms. The number of aliphatic hydroxyl groups is 1. The lowest BCUT2D eigenvalue weighted by molar-refractivity contribution is 0.217. The Kier molecular flexibility index (Phi) is 4.82. The van der Waals surface area contributed by atoms with Gasteiger partial charge >= 0.3 is 0 Å². The first kappa shape index (κ1) is 14.3. The molecule has 19 heavy (non-hydrogen) atoms. The first-order chi connectivity index (χ1) is 9.11. The summed E-state index contributed by atoms with van der Waals surface area (Å²) in [6.45, 7) is -0.349. The Morgan fingerprint density at radius 2 is 1.68 bits per heavy atom. The highest BCUT2D eigenvalue weighted by Gasteiger charge is 2.22. The molecule has 0 amide bonds. The van der Waals surface area contributed by atoms with Crippen LogP contribution in [-0.4, -0.2) is 17.8 Å². The van der Waals surface area contributed by atoms with Crippen LogP contribution in [0.1, 0.15) is 43.7 Å². The number of hydrogen-bond acceptors (Lipinski definition) is 2. The van der Waals surface area contributed by atoms with E-state index in [4.69, 9.17) is 0 Å². The predicted octanol–water partition coefficient (Wildman–Crippen LogP) is 3.06. The summed E-state index contributed by atoms with van der Waals surface area (Å²) in [7, 11) is 0. The molecular weight excluding hydrogens is 255 g/mol. The predicted molar refractivity (Wildman–Crippen MR) is 66.2 cm³/mol. The van der Waals surface area contributed by atoms with Gasteiger partial charge in [0, 0.05) is 17.7 Å². The molecule has 1 aromatic rings. The van der Waals surface area contributed by atoms with Crippen LogP contribution in [0.3, 0.4) is 0 Å². The van der Waals surface area contributed by atoms with Crippen LogP contribution in [0.5, 0.6) is 0 Å². The monoisotopic (exact) mass is 273 g/mol. The van der Waals surface area contributed by atoms with Crippen LogP contribution >= 0.6 is 0 Å². The molecule has 1 aliphatic carbocycles. The highest BCUT2D eigenvalue weighted by Crippen LogP contribution is 2.24. The maximum absolute atomic E-state index is 13.7. The average molecular weight is 273 g/mol. The first-order valence-corrected chi connectivity index (χ1v) is 6.63. The highest BCUT2D eigenvalue weighted by atomic mass is 19.2. The fourth-order valence-corrected chi connectivity index (χ4v) is 2.60. The number of hydrogen-bond donors (Lipinski definition) is 2. The van der Waals surface area contributed by atoms with Gasteiger partial charge in [-0.25, -0.2) is 13.2 Å². The van der Waals surface area contributed by atoms with Crippen LogP contribution in [0.2, 0.25) is 0 Å². The Labute approximate surface area is 110 Å². The van der Waals surface area contributed by atoms with Crippen LogP contribution in [0, 0.1) is 17.5 Å². The van der Waals surface area contributed by atoms with E-state index in [1.807, 2.05) is 0 Å². The van der Waals surface area contributed by atoms with Gasteiger partial charge in [0.2, 0.25) is 0 Å². The van der Waals surface area contributed by atoms with Crippen molar-refractivity contribution in [2.75, 3.05) is 6.61 Å². The summed E-state index contributed by atoms with van der Waals surface area (Å²) in [5.74, 6) is -3.14. The molecule has 0 radical (unpaired) electrons. The lowest BCUT2D eigenvalue weighted by atomic mass is 9.94. The fraction of sp³-hybridized carbons (Fsp3) is 0.571. The summed E-state index contributed by atoms with van der Waals surface area (Å²) < 4.78 is 39.7. The van der Waals surface area contributed by atoms with Crippen molar-refractivity contribution in [2.24, 2.45) is 0 Å². The molecule has 2 nitrogen and oxygen atoms in total. The highest BCUT2D eigenvalue weighted by molar-refractivity contribution is 5.23. The summed E-state index contributed by atoms with van der Waals surface area (Å²) in [6, 6.07) is 0.841. The van der Waals surface area contributed by atoms with Crippen molar-refractivity contribution in [3.63, 3.8) is 0 Å². The molecule has 0 saturated heterocycles. The zero-order valence-corrected chi connectivity index (χ0v) is 10.6. The average Bonchev–Trinajstić information content (AvgIpc) is 2.42. The molecule has 2 N–H and O–H groups in total. The minimum atomic E-state index is -1.21. The van der Waals surface area contributed by atoms with E-state index in [-0.39, 0.29) is 18.2 Å². The van der Waals surface area contributed by atoms with Gasteiger partial charge in [-0.2, -0.15) is 0 Å². The van der Waals surface area contributed by atoms with Crippen LogP contribution < -0.4 is 5.32 Å². The van der Waals surface area contributed by atoms with E-state index < -0.39 is 23.5 Å². The Balaban J connectivity index is 2.14. The fourth-order valence-electron chi connectivity index (χ4n) is 2.60. The van der Waals surface area contributed by atoms with Crippen LogP contribution in [0.4, 0.5) is 13.2 Å². The SMILES string of the molecule is OCC(NC1CCCCC1)c1cc(F)c(F)cc1F. The maximum atomic E-state index is 13.7. The molecule has 1 atom stereocenters. The lowest BCUT2D eigenvalue weighted by Gasteiger charge is -2.28. The molecular formula is C14H18F3NO. The van der Waals surface area contributed by atoms with Gasteiger partial charge < -0.3 is 10.4 Å². The first-order valence-electron chi connectivity index (χ1n) is 6.63. The van der Waals surface area contributed by atoms with Crippen LogP contribution in [-0.2, 0) is 0 Å². The van der Waals surface area contributed by atoms with Crippen molar-refractivity contribution in [3.05, 3.63) is 35.1 Å². The second-order valence-electron chi connectivity index (χ2n) is 5.02. The Morgan fingerprint density at radius 3 is 2.32 bits per heavy atom. The summed E-state index contributed by atoms with van der Waals surface area (Å²) in [4.78, 5) is 0. The number of aliphatic hydroxyl groups excluding tert-OH is 1. The molecule has 1 saturated carbocycles. The van der Waals surface area contributed by atoms with E-state index in [1.165, 1.54) is 6.42 Å². The van der Waals surface area contributed by atoms with Gasteiger partial charge in [0.15, 0.2) is 11.6 Å². The van der Waals surface area contributed by atoms with E-state index in [0.29, 0.717) is 6.07 Å². The van der Waals surface area contributed by atoms with Gasteiger partial charge in [0.25, 0.3) is 0 Å². The van der Waals surface area contributed by atoms with Gasteiger partial charge in [-0.05, 0) is 18.9 Å². The standard InChI is InChI=1S/C14H18F3NO/c15-11-7-13(17)12(16)6-10(11)14(8-19)18-9-4-2-1-3-5-9/h6-7,9,14,18-19H,1-5,8H2. The third-order valence-corrected chi connectivity index (χ3v) is 3.64. The second kappa shape index (κ2) is 6.39. The molecule has 5 heteroatoms. The van der Waals surface area contributed by atoms with Gasteiger partial charge in [0.1, 0.15) is 5.82 Å². The molecule has 0 bridgehead atoms. The van der Waals surface area contributed by atoms with E-state index >= 15 is 0 Å². The molecule has 1 aromatic carbocycles. The molecule has 1 unspecified atom stereocenters. The van der Waals surface area contributed by atoms with Crippen molar-refractivity contribution in [2.45, 2.75) is 44.2 Å². The number of benzene rings is 1. The number of rotatable bonds is 4. The normalized spacial score (nSPS) is 18.5. The minimum absolute atomic E-state index is 0.0213. The molecule has 2 rings (SSSR count). The van der Waals surface area contributed by atoms with Crippen LogP contribution in [0.15, 0.2) is 12.1 Å². The summed E-state index contributed by atoms with van der Waals surface area (Å²) in [6.07, 6.45) is 5.29. The summed E-state index contributed by atoms with van der Waals surface area (Å²) >= 11 is 0. The summed E-state index contributed by atoms with van der Waals surface area (Å²) in [5, 5.41) is 12.5. The van der Waals surface area contributed by atoms with Gasteiger partial charge in [-0.1, -0.05) is 19.3 Å². The Morgan fingerprint density at radius 1 is 1.05 bits per heavy atom. The molecule has 0 aliphatic heterocycles. The van der Waals surface area contributed by atoms with E-state index in [1.54, 1.807) is 0 Å². The quantitative estimate of drug-likeness (QED) is 0.826. The van der Waals surface area contributed by atoms with Crippen LogP contribution in [0.25, 0.3) is 0 Å². The summed E-state index contributed by atoms with van der Waals surface area (Å²) in [5.41, 5.74) is -0.0213. The van der Waals surface area contributed by atoms with Crippen molar-refractivity contribution < 1.29 is 18.3 Å². The smallest absolute Gasteiger partial charge is 0.161 e. The van der Waals surface area contributed by atoms with E-state index in [0.717, 1.165) is 31.7 Å². The number of nitrogens with one attached hydrogen (secondary N) is 1. The topological polar surface area (TPSA) is 32.3 Å². The van der Waals surface area contributed by atoms with Crippen molar-refractivity contribution >= 4 is 0 Å². The largest absolute Gasteiger partial charge is 0.394 e. The van der Waals surface area contributed by atoms with E-state index in [9.17, 15) is 18.3 Å². The molecule has 0 heterocycles. The van der Waals surface area contributed by atoms with Crippen molar-refractivity contribution in [1.82, 2.24) is 5.32 Å². The second-order valence-corrected chi connectivity index (χ2v) is 5.02. The molecule has 106 valence electrons. The molecule has 1 fully saturated rings. The third kappa shape index (κ3) is 3.48. The zero-order valence-electron chi connectivity index (χ0n) is 10.6. The van der Waals surface area contributed by atoms with Gasteiger partial charge in [-0.15, -0.1) is 0 Å². The number of halogens is 3. The third-order valence-electron chi connectivity index (χ3n) is 3.64. The Bertz CT molecular complexity index is 433. The van der Waals surface area contributed by atoms with Gasteiger partial charge in [0.05, 0.1) is 12.6 Å². The van der Waals surface area contributed by atoms with E-state index in [2.05, 4.69) is 5.32 Å². The maximum Gasteiger partial charge on any atom is 0.161 e. The minimum Gasteiger partial charge on any atom is -0.394 e.